The number of hydrogen-bond acceptors (Lipinski definition) is 4. The van der Waals surface area contributed by atoms with Crippen LogP contribution in [0.4, 0.5) is 16.2 Å². The number of rotatable bonds is 9. The van der Waals surface area contributed by atoms with Crippen molar-refractivity contribution in [3.8, 4) is 11.1 Å². The van der Waals surface area contributed by atoms with Gasteiger partial charge < -0.3 is 15.7 Å². The fourth-order valence-electron chi connectivity index (χ4n) is 4.29. The Morgan fingerprint density at radius 3 is 2.28 bits per heavy atom. The summed E-state index contributed by atoms with van der Waals surface area (Å²) < 4.78 is 1.40. The van der Waals surface area contributed by atoms with E-state index in [2.05, 4.69) is 15.7 Å². The van der Waals surface area contributed by atoms with Crippen molar-refractivity contribution in [2.75, 3.05) is 10.6 Å². The summed E-state index contributed by atoms with van der Waals surface area (Å²) in [6, 6.07) is 23.6. The number of hydrogen-bond donors (Lipinski definition) is 3. The molecular weight excluding hydrogens is 503 g/mol. The maximum absolute atomic E-state index is 13.2. The number of aromatic nitrogens is 2. The van der Waals surface area contributed by atoms with E-state index in [1.807, 2.05) is 62.4 Å². The summed E-state index contributed by atoms with van der Waals surface area (Å²) >= 11 is 0. The minimum absolute atomic E-state index is 0. The van der Waals surface area contributed by atoms with Gasteiger partial charge in [0.05, 0.1) is 18.5 Å². The number of carboxylic acids is 1. The van der Waals surface area contributed by atoms with Crippen molar-refractivity contribution >= 4 is 52.9 Å². The molecule has 0 aliphatic carbocycles. The van der Waals surface area contributed by atoms with E-state index in [1.165, 1.54) is 4.68 Å². The quantitative estimate of drug-likeness (QED) is 0.255. The van der Waals surface area contributed by atoms with E-state index < -0.39 is 5.97 Å². The molecule has 1 aromatic heterocycles. The number of carbonyl (C=O) groups is 2. The van der Waals surface area contributed by atoms with Gasteiger partial charge in [0.15, 0.2) is 0 Å². The normalized spacial score (nSPS) is 11.2. The van der Waals surface area contributed by atoms with Gasteiger partial charge in [0.2, 0.25) is 0 Å². The van der Waals surface area contributed by atoms with Crippen molar-refractivity contribution in [3.63, 3.8) is 0 Å². The number of amides is 2. The number of nitrogens with one attached hydrogen (secondary N) is 2. The molecule has 0 saturated carbocycles. The molecule has 8 nitrogen and oxygen atoms in total. The van der Waals surface area contributed by atoms with Crippen LogP contribution in [0.2, 0.25) is 0 Å². The van der Waals surface area contributed by atoms with E-state index in [4.69, 9.17) is 5.11 Å². The molecule has 3 N–H and O–H groups in total. The van der Waals surface area contributed by atoms with Gasteiger partial charge in [-0.3, -0.25) is 9.59 Å². The summed E-state index contributed by atoms with van der Waals surface area (Å²) in [6.45, 7) is 4.19. The molecule has 9 heteroatoms. The molecule has 3 aromatic carbocycles. The zero-order chi connectivity index (χ0) is 27.1. The van der Waals surface area contributed by atoms with Crippen molar-refractivity contribution in [2.24, 2.45) is 0 Å². The van der Waals surface area contributed by atoms with Crippen molar-refractivity contribution < 1.29 is 14.7 Å². The summed E-state index contributed by atoms with van der Waals surface area (Å²) in [4.78, 5) is 36.7. The van der Waals surface area contributed by atoms with Crippen molar-refractivity contribution in [1.82, 2.24) is 9.78 Å². The number of benzene rings is 3. The molecule has 0 aliphatic heterocycles. The van der Waals surface area contributed by atoms with Crippen LogP contribution in [-0.2, 0) is 11.3 Å². The third kappa shape index (κ3) is 7.89. The average molecular weight is 535 g/mol. The van der Waals surface area contributed by atoms with Gasteiger partial charge in [-0.1, -0.05) is 61.5 Å². The molecule has 1 atom stereocenters. The molecule has 2 amide bonds. The first kappa shape index (κ1) is 29.8. The van der Waals surface area contributed by atoms with Crippen LogP contribution in [0.5, 0.6) is 0 Å². The molecule has 4 rings (SSSR count). The number of para-hydroxylation sites is 1. The fourth-order valence-corrected chi connectivity index (χ4v) is 4.29. The molecule has 0 bridgehead atoms. The molecule has 0 radical (unpaired) electrons. The molecule has 196 valence electrons. The molecular formula is C30H31N4NaO4. The summed E-state index contributed by atoms with van der Waals surface area (Å²) in [7, 11) is 0. The Morgan fingerprint density at radius 1 is 0.949 bits per heavy atom. The Kier molecular flexibility index (Phi) is 10.6. The molecule has 4 aromatic rings. The van der Waals surface area contributed by atoms with Crippen LogP contribution in [0.3, 0.4) is 0 Å². The van der Waals surface area contributed by atoms with Gasteiger partial charge in [-0.25, -0.2) is 9.48 Å². The van der Waals surface area contributed by atoms with E-state index >= 15 is 0 Å². The first-order valence-electron chi connectivity index (χ1n) is 12.4. The Labute approximate surface area is 249 Å². The summed E-state index contributed by atoms with van der Waals surface area (Å²) in [5, 5.41) is 19.0. The van der Waals surface area contributed by atoms with Crippen LogP contribution >= 0.6 is 0 Å². The second-order valence-electron chi connectivity index (χ2n) is 9.12. The standard InChI is InChI=1S/C30H30N4O4.Na.H/c1-3-22(18-28(35)36)23-10-8-21(9-11-23)19-34-29(37)26(16-17-31-34)24-12-14-25(15-13-24)32-30(38)33-27-7-5-4-6-20(27)2;;/h4-17,22H,3,18-19H2,1-2H3,(H,35,36)(H2,32,33,38);;. The molecule has 0 fully saturated rings. The predicted octanol–water partition coefficient (Wildman–Crippen LogP) is 5.23. The maximum atomic E-state index is 13.2. The van der Waals surface area contributed by atoms with Gasteiger partial charge >= 0.3 is 41.6 Å². The first-order valence-corrected chi connectivity index (χ1v) is 12.4. The monoisotopic (exact) mass is 534 g/mol. The van der Waals surface area contributed by atoms with Crippen molar-refractivity contribution in [1.29, 1.82) is 0 Å². The van der Waals surface area contributed by atoms with E-state index in [0.717, 1.165) is 28.8 Å². The number of urea groups is 1. The molecule has 0 saturated heterocycles. The average Bonchev–Trinajstić information content (AvgIpc) is 2.91. The second kappa shape index (κ2) is 13.9. The predicted molar refractivity (Wildman–Crippen MR) is 156 cm³/mol. The molecule has 39 heavy (non-hydrogen) atoms. The van der Waals surface area contributed by atoms with Crippen LogP contribution in [0, 0.1) is 6.92 Å². The van der Waals surface area contributed by atoms with Gasteiger partial charge in [-0.2, -0.15) is 5.10 Å². The van der Waals surface area contributed by atoms with Crippen molar-refractivity contribution in [2.45, 2.75) is 39.2 Å². The summed E-state index contributed by atoms with van der Waals surface area (Å²) in [5.74, 6) is -0.862. The van der Waals surface area contributed by atoms with Crippen LogP contribution in [0.25, 0.3) is 11.1 Å². The summed E-state index contributed by atoms with van der Waals surface area (Å²) in [6.07, 6.45) is 2.41. The van der Waals surface area contributed by atoms with Crippen molar-refractivity contribution in [3.05, 3.63) is 112 Å². The molecule has 0 aliphatic rings. The topological polar surface area (TPSA) is 113 Å². The van der Waals surface area contributed by atoms with Gasteiger partial charge in [0.1, 0.15) is 0 Å². The SMILES string of the molecule is CCC(CC(=O)O)c1ccc(Cn2nccc(-c3ccc(NC(=O)Nc4ccccc4C)cc3)c2=O)cc1.[NaH]. The minimum atomic E-state index is -0.817. The van der Waals surface area contributed by atoms with Gasteiger partial charge in [-0.15, -0.1) is 0 Å². The Morgan fingerprint density at radius 2 is 1.64 bits per heavy atom. The summed E-state index contributed by atoms with van der Waals surface area (Å²) in [5.41, 5.74) is 5.14. The molecule has 1 unspecified atom stereocenters. The van der Waals surface area contributed by atoms with E-state index in [9.17, 15) is 14.4 Å². The zero-order valence-electron chi connectivity index (χ0n) is 21.3. The first-order chi connectivity index (χ1) is 18.3. The number of carboxylic acid groups (broad SMARTS) is 1. The number of nitrogens with zero attached hydrogens (tertiary/aromatic N) is 2. The fraction of sp³-hybridized carbons (Fsp3) is 0.200. The number of carbonyl (C=O) groups excluding carboxylic acids is 1. The third-order valence-corrected chi connectivity index (χ3v) is 6.46. The van der Waals surface area contributed by atoms with Gasteiger partial charge in [-0.05, 0) is 65.8 Å². The second-order valence-corrected chi connectivity index (χ2v) is 9.12. The van der Waals surface area contributed by atoms with Crippen LogP contribution in [0.1, 0.15) is 42.4 Å². The van der Waals surface area contributed by atoms with E-state index in [-0.39, 0.29) is 53.5 Å². The Balaban J connectivity index is 0.00000420. The van der Waals surface area contributed by atoms with E-state index in [1.54, 1.807) is 36.5 Å². The van der Waals surface area contributed by atoms with Gasteiger partial charge in [0.25, 0.3) is 5.56 Å². The molecule has 1 heterocycles. The van der Waals surface area contributed by atoms with Crippen LogP contribution in [-0.4, -0.2) is 56.4 Å². The number of aliphatic carboxylic acids is 1. The number of aryl methyl sites for hydroxylation is 1. The Bertz CT molecular complexity index is 1480. The Hall–Kier alpha value is -3.72. The third-order valence-electron chi connectivity index (χ3n) is 6.46. The van der Waals surface area contributed by atoms with Crippen LogP contribution in [0.15, 0.2) is 89.9 Å². The van der Waals surface area contributed by atoms with Crippen LogP contribution < -0.4 is 16.2 Å². The van der Waals surface area contributed by atoms with Gasteiger partial charge in [0, 0.05) is 17.6 Å². The zero-order valence-corrected chi connectivity index (χ0v) is 21.3. The van der Waals surface area contributed by atoms with E-state index in [0.29, 0.717) is 23.4 Å². The molecule has 0 spiro atoms. The number of anilines is 2.